The molecule has 0 aromatic rings. The zero-order chi connectivity index (χ0) is 23.8. The van der Waals surface area contributed by atoms with Gasteiger partial charge in [0.2, 0.25) is 18.3 Å². The summed E-state index contributed by atoms with van der Waals surface area (Å²) >= 11 is 6.76. The molecule has 1 unspecified atom stereocenters. The van der Waals surface area contributed by atoms with E-state index in [1.54, 1.807) is 6.92 Å². The maximum Gasteiger partial charge on any atom is 0.358 e. The Morgan fingerprint density at radius 1 is 1.25 bits per heavy atom. The number of nitrogens with one attached hydrogen (secondary N) is 1. The van der Waals surface area contributed by atoms with E-state index >= 15 is 0 Å². The Morgan fingerprint density at radius 3 is 2.56 bits per heavy atom. The van der Waals surface area contributed by atoms with Crippen molar-refractivity contribution < 1.29 is 43.0 Å². The maximum absolute atomic E-state index is 12.8. The first-order valence-electron chi connectivity index (χ1n) is 9.30. The molecule has 0 aromatic carbocycles. The second kappa shape index (κ2) is 11.8. The van der Waals surface area contributed by atoms with Crippen molar-refractivity contribution in [2.75, 3.05) is 39.3 Å². The number of halogens is 1. The third-order valence-electron chi connectivity index (χ3n) is 4.33. The normalized spacial score (nSPS) is 20.2. The van der Waals surface area contributed by atoms with Crippen LogP contribution in [0.2, 0.25) is 0 Å². The van der Waals surface area contributed by atoms with Gasteiger partial charge in [0.05, 0.1) is 12.5 Å². The van der Waals surface area contributed by atoms with Gasteiger partial charge in [0.25, 0.3) is 11.8 Å². The Hall–Kier alpha value is -2.64. The number of rotatable bonds is 11. The highest BCUT2D eigenvalue weighted by Gasteiger charge is 2.54. The molecular weight excluding hydrogens is 470 g/mol. The second-order valence-corrected chi connectivity index (χ2v) is 7.72. The van der Waals surface area contributed by atoms with Crippen LogP contribution in [0.4, 0.5) is 0 Å². The maximum atomic E-state index is 12.8. The molecule has 0 saturated carbocycles. The van der Waals surface area contributed by atoms with Crippen molar-refractivity contribution in [3.8, 4) is 0 Å². The van der Waals surface area contributed by atoms with E-state index in [-0.39, 0.29) is 18.7 Å². The van der Waals surface area contributed by atoms with E-state index in [9.17, 15) is 24.0 Å². The number of carbonyl (C=O) groups is 5. The van der Waals surface area contributed by atoms with E-state index in [2.05, 4.69) is 15.3 Å². The molecule has 2 rings (SSSR count). The summed E-state index contributed by atoms with van der Waals surface area (Å²) in [7, 11) is 2.58. The molecule has 2 aliphatic rings. The van der Waals surface area contributed by atoms with Crippen molar-refractivity contribution >= 4 is 58.6 Å². The zero-order valence-corrected chi connectivity index (χ0v) is 19.1. The number of ketones is 1. The number of amides is 2. The second-order valence-electron chi connectivity index (χ2n) is 6.34. The van der Waals surface area contributed by atoms with Crippen LogP contribution in [0.5, 0.6) is 0 Å². The minimum Gasteiger partial charge on any atom is -0.428 e. The molecule has 1 fully saturated rings. The van der Waals surface area contributed by atoms with E-state index in [4.69, 9.17) is 25.8 Å². The Labute approximate surface area is 192 Å². The fraction of sp³-hybridized carbons (Fsp3) is 0.556. The van der Waals surface area contributed by atoms with E-state index in [0.717, 1.165) is 7.11 Å². The van der Waals surface area contributed by atoms with E-state index in [1.165, 1.54) is 23.8 Å². The van der Waals surface area contributed by atoms with E-state index in [0.29, 0.717) is 11.3 Å². The molecular formula is C18H22ClN3O9S. The SMILES string of the molecule is CCC(=O)OCOC(=O)C1=C(COC)CS[C@@H]2C(NC(=O)/C(=N\OC)C(=O)CCl)C(=O)N12. The van der Waals surface area contributed by atoms with Gasteiger partial charge < -0.3 is 24.4 Å². The summed E-state index contributed by atoms with van der Waals surface area (Å²) < 4.78 is 14.8. The number of ether oxygens (including phenoxy) is 3. The lowest BCUT2D eigenvalue weighted by Gasteiger charge is -2.49. The molecule has 1 saturated heterocycles. The Balaban J connectivity index is 2.16. The van der Waals surface area contributed by atoms with Crippen LogP contribution >= 0.6 is 23.4 Å². The quantitative estimate of drug-likeness (QED) is 0.0765. The zero-order valence-electron chi connectivity index (χ0n) is 17.5. The fourth-order valence-corrected chi connectivity index (χ4v) is 4.31. The molecule has 32 heavy (non-hydrogen) atoms. The van der Waals surface area contributed by atoms with Gasteiger partial charge in [0, 0.05) is 19.3 Å². The van der Waals surface area contributed by atoms with Gasteiger partial charge in [-0.2, -0.15) is 0 Å². The number of alkyl halides is 1. The number of fused-ring (bicyclic) bond motifs is 1. The topological polar surface area (TPSA) is 150 Å². The van der Waals surface area contributed by atoms with E-state index < -0.39 is 59.3 Å². The summed E-state index contributed by atoms with van der Waals surface area (Å²) in [6.07, 6.45) is 0.112. The fourth-order valence-electron chi connectivity index (χ4n) is 2.86. The minimum absolute atomic E-state index is 0.0405. The largest absolute Gasteiger partial charge is 0.428 e. The molecule has 1 N–H and O–H groups in total. The van der Waals surface area contributed by atoms with Gasteiger partial charge >= 0.3 is 11.9 Å². The number of carbonyl (C=O) groups excluding carboxylic acids is 5. The lowest BCUT2D eigenvalue weighted by molar-refractivity contribution is -0.167. The van der Waals surface area contributed by atoms with Crippen molar-refractivity contribution in [3.05, 3.63) is 11.3 Å². The standard InChI is InChI=1S/C18H22ClN3O9S/c1-4-11(24)30-8-31-18(27)14-9(6-28-2)7-32-17-13(16(26)22(14)17)20-15(25)12(21-29-3)10(23)5-19/h13,17H,4-8H2,1-3H3,(H,20,25)/b21-12-/t13?,17-/m1/s1. The molecule has 0 aliphatic carbocycles. The number of methoxy groups -OCH3 is 1. The van der Waals surface area contributed by atoms with Crippen molar-refractivity contribution in [1.82, 2.24) is 10.2 Å². The monoisotopic (exact) mass is 491 g/mol. The first-order chi connectivity index (χ1) is 15.3. The highest BCUT2D eigenvalue weighted by atomic mass is 35.5. The summed E-state index contributed by atoms with van der Waals surface area (Å²) in [5.41, 5.74) is -0.124. The molecule has 14 heteroatoms. The highest BCUT2D eigenvalue weighted by molar-refractivity contribution is 8.00. The Bertz CT molecular complexity index is 861. The van der Waals surface area contributed by atoms with Crippen molar-refractivity contribution in [2.24, 2.45) is 5.16 Å². The molecule has 176 valence electrons. The average Bonchev–Trinajstić information content (AvgIpc) is 2.79. The van der Waals surface area contributed by atoms with Gasteiger partial charge in [-0.15, -0.1) is 23.4 Å². The molecule has 0 aromatic heterocycles. The van der Waals surface area contributed by atoms with Gasteiger partial charge in [-0.1, -0.05) is 12.1 Å². The smallest absolute Gasteiger partial charge is 0.358 e. The number of nitrogens with zero attached hydrogens (tertiary/aromatic N) is 2. The van der Waals surface area contributed by atoms with Gasteiger partial charge in [-0.05, 0) is 5.57 Å². The molecule has 0 spiro atoms. The minimum atomic E-state index is -1.03. The third-order valence-corrected chi connectivity index (χ3v) is 5.91. The molecule has 0 radical (unpaired) electrons. The first-order valence-corrected chi connectivity index (χ1v) is 10.9. The lowest BCUT2D eigenvalue weighted by Crippen LogP contribution is -2.71. The summed E-state index contributed by atoms with van der Waals surface area (Å²) in [6.45, 7) is 1.05. The summed E-state index contributed by atoms with van der Waals surface area (Å²) in [5, 5.41) is 5.15. The lowest BCUT2D eigenvalue weighted by atomic mass is 10.0. The highest BCUT2D eigenvalue weighted by Crippen LogP contribution is 2.40. The Morgan fingerprint density at radius 2 is 1.97 bits per heavy atom. The van der Waals surface area contributed by atoms with Gasteiger partial charge in [0.1, 0.15) is 24.2 Å². The molecule has 2 atom stereocenters. The number of thioether (sulfide) groups is 1. The molecule has 0 bridgehead atoms. The van der Waals surface area contributed by atoms with E-state index in [1.807, 2.05) is 0 Å². The summed E-state index contributed by atoms with van der Waals surface area (Å²) in [4.78, 5) is 66.5. The van der Waals surface area contributed by atoms with Crippen molar-refractivity contribution in [3.63, 3.8) is 0 Å². The molecule has 2 aliphatic heterocycles. The van der Waals surface area contributed by atoms with Crippen LogP contribution in [0.1, 0.15) is 13.3 Å². The number of β-lactam (4-membered cyclic amide) rings is 1. The molecule has 2 amide bonds. The van der Waals surface area contributed by atoms with Crippen LogP contribution in [-0.4, -0.2) is 90.8 Å². The van der Waals surface area contributed by atoms with Gasteiger partial charge in [-0.25, -0.2) is 4.79 Å². The van der Waals surface area contributed by atoms with Crippen LogP contribution in [-0.2, 0) is 43.0 Å². The van der Waals surface area contributed by atoms with Crippen LogP contribution in [0.3, 0.4) is 0 Å². The van der Waals surface area contributed by atoms with Crippen LogP contribution in [0.15, 0.2) is 16.4 Å². The number of hydrogen-bond acceptors (Lipinski definition) is 11. The number of hydrogen-bond donors (Lipinski definition) is 1. The van der Waals surface area contributed by atoms with Gasteiger partial charge in [-0.3, -0.25) is 24.1 Å². The summed E-state index contributed by atoms with van der Waals surface area (Å²) in [6, 6.07) is -1.03. The number of oxime groups is 1. The van der Waals surface area contributed by atoms with Crippen LogP contribution in [0.25, 0.3) is 0 Å². The third kappa shape index (κ3) is 5.58. The van der Waals surface area contributed by atoms with Gasteiger partial charge in [0.15, 0.2) is 0 Å². The van der Waals surface area contributed by atoms with Crippen LogP contribution < -0.4 is 5.32 Å². The predicted octanol–water partition coefficient (Wildman–Crippen LogP) is -0.449. The average molecular weight is 492 g/mol. The number of Topliss-reactive ketones (excluding diaryl/α,β-unsaturated/α-hetero) is 1. The van der Waals surface area contributed by atoms with Crippen molar-refractivity contribution in [1.29, 1.82) is 0 Å². The van der Waals surface area contributed by atoms with Crippen molar-refractivity contribution in [2.45, 2.75) is 24.8 Å². The first kappa shape index (κ1) is 25.6. The molecule has 2 heterocycles. The number of esters is 2. The predicted molar refractivity (Wildman–Crippen MR) is 111 cm³/mol. The summed E-state index contributed by atoms with van der Waals surface area (Å²) in [5.74, 6) is -3.92. The Kier molecular flexibility index (Phi) is 9.47. The molecule has 12 nitrogen and oxygen atoms in total. The van der Waals surface area contributed by atoms with Crippen LogP contribution in [0, 0.1) is 0 Å².